The first-order valence-electron chi connectivity index (χ1n) is 30.3. The second-order valence-corrected chi connectivity index (χ2v) is 21.0. The normalized spacial score (nSPS) is 13.4. The molecule has 3 atom stereocenters. The molecule has 0 fully saturated rings. The molecule has 0 aromatic rings. The average Bonchev–Trinajstić information content (AvgIpc) is 3.32. The highest BCUT2D eigenvalue weighted by atomic mass is 16.3. The van der Waals surface area contributed by atoms with Gasteiger partial charge in [-0.25, -0.2) is 0 Å². The lowest BCUT2D eigenvalue weighted by Gasteiger charge is -2.21. The van der Waals surface area contributed by atoms with Crippen LogP contribution in [0.1, 0.15) is 328 Å². The molecule has 0 aliphatic carbocycles. The quantitative estimate of drug-likeness (QED) is 0.0361. The molecule has 3 unspecified atom stereocenters. The first-order chi connectivity index (χ1) is 33.0. The van der Waals surface area contributed by atoms with Gasteiger partial charge in [0.05, 0.1) is 31.3 Å². The van der Waals surface area contributed by atoms with E-state index in [9.17, 15) is 20.1 Å². The molecule has 1 amide bonds. The van der Waals surface area contributed by atoms with Crippen molar-refractivity contribution in [3.63, 3.8) is 0 Å². The highest BCUT2D eigenvalue weighted by Crippen LogP contribution is 2.18. The zero-order valence-electron chi connectivity index (χ0n) is 45.3. The van der Waals surface area contributed by atoms with E-state index in [-0.39, 0.29) is 18.9 Å². The van der Waals surface area contributed by atoms with Crippen molar-refractivity contribution in [1.82, 2.24) is 5.32 Å². The van der Waals surface area contributed by atoms with Crippen molar-refractivity contribution >= 4 is 5.91 Å². The number of aliphatic hydroxyl groups is 3. The van der Waals surface area contributed by atoms with E-state index in [0.717, 1.165) is 38.5 Å². The molecule has 0 aromatic carbocycles. The number of amides is 1. The molecule has 0 aliphatic rings. The Labute approximate surface area is 419 Å². The molecular formula is C62H119NO4. The minimum atomic E-state index is -0.959. The summed E-state index contributed by atoms with van der Waals surface area (Å²) in [5.74, 6) is -0.325. The van der Waals surface area contributed by atoms with Crippen LogP contribution in [0.2, 0.25) is 0 Å². The number of rotatable bonds is 56. The third-order valence-corrected chi connectivity index (χ3v) is 14.2. The Hall–Kier alpha value is -1.43. The Morgan fingerprint density at radius 1 is 0.373 bits per heavy atom. The van der Waals surface area contributed by atoms with Crippen molar-refractivity contribution in [1.29, 1.82) is 0 Å². The van der Waals surface area contributed by atoms with Crippen LogP contribution in [-0.2, 0) is 4.79 Å². The highest BCUT2D eigenvalue weighted by Gasteiger charge is 2.20. The highest BCUT2D eigenvalue weighted by molar-refractivity contribution is 5.76. The molecule has 0 aliphatic heterocycles. The number of hydrogen-bond acceptors (Lipinski definition) is 4. The van der Waals surface area contributed by atoms with Crippen LogP contribution in [-0.4, -0.2) is 46.1 Å². The van der Waals surface area contributed by atoms with Crippen LogP contribution in [0.5, 0.6) is 0 Å². The van der Waals surface area contributed by atoms with E-state index >= 15 is 0 Å². The van der Waals surface area contributed by atoms with Crippen LogP contribution < -0.4 is 5.32 Å². The van der Waals surface area contributed by atoms with Gasteiger partial charge in [0.1, 0.15) is 0 Å². The number of allylic oxidation sites excluding steroid dienone is 5. The first-order valence-corrected chi connectivity index (χ1v) is 30.3. The maximum atomic E-state index is 12.5. The smallest absolute Gasteiger partial charge is 0.222 e. The Balaban J connectivity index is 3.45. The van der Waals surface area contributed by atoms with Crippen LogP contribution in [0.25, 0.3) is 0 Å². The van der Waals surface area contributed by atoms with E-state index in [2.05, 4.69) is 43.5 Å². The Morgan fingerprint density at radius 2 is 0.642 bits per heavy atom. The van der Waals surface area contributed by atoms with Crippen molar-refractivity contribution in [2.24, 2.45) is 0 Å². The number of carbonyl (C=O) groups is 1. The first kappa shape index (κ1) is 65.6. The number of hydrogen-bond donors (Lipinski definition) is 4. The van der Waals surface area contributed by atoms with Crippen LogP contribution in [0.4, 0.5) is 0 Å². The standard InChI is InChI=1S/C62H119NO4/c1-3-5-7-9-11-13-15-17-19-20-21-22-23-24-25-26-27-28-29-30-31-32-33-34-35-36-37-38-39-40-42-43-45-47-49-51-53-55-59(65)57-62(67)63-60(58-64)61(66)56-54-52-50-48-46-44-41-18-16-14-12-10-8-6-4-2/h16,18,46,48,54,56,59-61,64-66H,3-15,17,19-45,47,49-53,55,57-58H2,1-2H3,(H,63,67)/b18-16+,48-46+,56-54+. The minimum absolute atomic E-state index is 0.00553. The summed E-state index contributed by atoms with van der Waals surface area (Å²) in [6.07, 6.45) is 75.2. The fourth-order valence-electron chi connectivity index (χ4n) is 9.55. The van der Waals surface area contributed by atoms with Gasteiger partial charge in [0.25, 0.3) is 0 Å². The predicted octanol–water partition coefficient (Wildman–Crippen LogP) is 19.0. The van der Waals surface area contributed by atoms with Gasteiger partial charge in [-0.2, -0.15) is 0 Å². The number of aliphatic hydroxyl groups excluding tert-OH is 3. The number of carbonyl (C=O) groups excluding carboxylic acids is 1. The lowest BCUT2D eigenvalue weighted by molar-refractivity contribution is -0.124. The molecule has 0 rings (SSSR count). The summed E-state index contributed by atoms with van der Waals surface area (Å²) >= 11 is 0. The molecule has 5 heteroatoms. The second-order valence-electron chi connectivity index (χ2n) is 21.0. The maximum Gasteiger partial charge on any atom is 0.222 e. The minimum Gasteiger partial charge on any atom is -0.394 e. The lowest BCUT2D eigenvalue weighted by atomic mass is 10.0. The fourth-order valence-corrected chi connectivity index (χ4v) is 9.55. The van der Waals surface area contributed by atoms with Crippen LogP contribution in [0.15, 0.2) is 36.5 Å². The summed E-state index contributed by atoms with van der Waals surface area (Å²) in [5.41, 5.74) is 0. The van der Waals surface area contributed by atoms with E-state index in [1.807, 2.05) is 6.08 Å². The summed E-state index contributed by atoms with van der Waals surface area (Å²) in [6, 6.07) is -0.766. The Morgan fingerprint density at radius 3 is 0.955 bits per heavy atom. The van der Waals surface area contributed by atoms with E-state index in [1.54, 1.807) is 6.08 Å². The molecule has 0 radical (unpaired) electrons. The second kappa shape index (κ2) is 57.2. The van der Waals surface area contributed by atoms with Crippen LogP contribution in [0, 0.1) is 0 Å². The maximum absolute atomic E-state index is 12.5. The monoisotopic (exact) mass is 942 g/mol. The van der Waals surface area contributed by atoms with E-state index in [1.165, 1.54) is 263 Å². The molecule has 0 heterocycles. The fraction of sp³-hybridized carbons (Fsp3) is 0.887. The van der Waals surface area contributed by atoms with Gasteiger partial charge in [0, 0.05) is 0 Å². The SMILES string of the molecule is CCCCCCC/C=C/CC/C=C/CC/C=C/C(O)C(CO)NC(=O)CC(O)CCCCCCCCCCCCCCCCCCCCCCCCCCCCCCCCCCCCCCC. The molecule has 0 aromatic heterocycles. The summed E-state index contributed by atoms with van der Waals surface area (Å²) in [6.45, 7) is 4.21. The Bertz CT molecular complexity index is 1040. The lowest BCUT2D eigenvalue weighted by Crippen LogP contribution is -2.45. The van der Waals surface area contributed by atoms with Crippen molar-refractivity contribution in [2.75, 3.05) is 6.61 Å². The third-order valence-electron chi connectivity index (χ3n) is 14.2. The van der Waals surface area contributed by atoms with E-state index in [0.29, 0.717) is 6.42 Å². The summed E-state index contributed by atoms with van der Waals surface area (Å²) < 4.78 is 0. The number of unbranched alkanes of at least 4 members (excludes halogenated alkanes) is 43. The molecule has 4 N–H and O–H groups in total. The molecule has 0 saturated carbocycles. The molecular weight excluding hydrogens is 823 g/mol. The third kappa shape index (κ3) is 53.8. The molecule has 0 saturated heterocycles. The van der Waals surface area contributed by atoms with Crippen LogP contribution >= 0.6 is 0 Å². The van der Waals surface area contributed by atoms with Crippen molar-refractivity contribution in [3.8, 4) is 0 Å². The van der Waals surface area contributed by atoms with Crippen molar-refractivity contribution in [3.05, 3.63) is 36.5 Å². The van der Waals surface area contributed by atoms with Gasteiger partial charge >= 0.3 is 0 Å². The van der Waals surface area contributed by atoms with E-state index < -0.39 is 18.2 Å². The van der Waals surface area contributed by atoms with Gasteiger partial charge in [0.15, 0.2) is 0 Å². The van der Waals surface area contributed by atoms with Gasteiger partial charge in [-0.1, -0.05) is 314 Å². The molecule has 396 valence electrons. The Kier molecular flexibility index (Phi) is 55.9. The predicted molar refractivity (Wildman–Crippen MR) is 296 cm³/mol. The van der Waals surface area contributed by atoms with Crippen molar-refractivity contribution < 1.29 is 20.1 Å². The average molecular weight is 943 g/mol. The van der Waals surface area contributed by atoms with Crippen LogP contribution in [0.3, 0.4) is 0 Å². The van der Waals surface area contributed by atoms with Crippen molar-refractivity contribution in [2.45, 2.75) is 347 Å². The van der Waals surface area contributed by atoms with Gasteiger partial charge in [-0.3, -0.25) is 4.79 Å². The zero-order chi connectivity index (χ0) is 48.6. The molecule has 0 spiro atoms. The molecule has 0 bridgehead atoms. The van der Waals surface area contributed by atoms with Gasteiger partial charge in [-0.15, -0.1) is 0 Å². The summed E-state index contributed by atoms with van der Waals surface area (Å²) in [7, 11) is 0. The van der Waals surface area contributed by atoms with E-state index in [4.69, 9.17) is 0 Å². The molecule has 67 heavy (non-hydrogen) atoms. The van der Waals surface area contributed by atoms with Gasteiger partial charge in [-0.05, 0) is 44.9 Å². The summed E-state index contributed by atoms with van der Waals surface area (Å²) in [5, 5.41) is 33.4. The largest absolute Gasteiger partial charge is 0.394 e. The van der Waals surface area contributed by atoms with Gasteiger partial charge < -0.3 is 20.6 Å². The molecule has 5 nitrogen and oxygen atoms in total. The summed E-state index contributed by atoms with van der Waals surface area (Å²) in [4.78, 5) is 12.5. The topological polar surface area (TPSA) is 89.8 Å². The number of nitrogens with one attached hydrogen (secondary N) is 1. The zero-order valence-corrected chi connectivity index (χ0v) is 45.3. The van der Waals surface area contributed by atoms with Gasteiger partial charge in [0.2, 0.25) is 5.91 Å².